The second-order valence-corrected chi connectivity index (χ2v) is 15.2. The van der Waals surface area contributed by atoms with Crippen molar-refractivity contribution in [3.05, 3.63) is 198 Å². The predicted molar refractivity (Wildman–Crippen MR) is 218 cm³/mol. The first-order valence-electron chi connectivity index (χ1n) is 18.1. The first kappa shape index (κ1) is 29.1. The lowest BCUT2D eigenvalue weighted by Crippen LogP contribution is -2.32. The van der Waals surface area contributed by atoms with Crippen molar-refractivity contribution in [3.8, 4) is 28.3 Å². The monoisotopic (exact) mass is 691 g/mol. The highest BCUT2D eigenvalue weighted by Gasteiger charge is 2.50. The Bertz CT molecular complexity index is 3110. The zero-order chi connectivity index (χ0) is 34.7. The minimum absolute atomic E-state index is 0.455. The minimum Gasteiger partial charge on any atom is -0.277 e. The molecule has 2 aromatic heterocycles. The lowest BCUT2D eigenvalue weighted by molar-refractivity contribution is 0.724. The van der Waals surface area contributed by atoms with Crippen molar-refractivity contribution in [1.29, 1.82) is 0 Å². The number of benzene rings is 8. The molecule has 0 N–H and O–H groups in total. The predicted octanol–water partition coefficient (Wildman–Crippen LogP) is 12.4. The van der Waals surface area contributed by atoms with Crippen molar-refractivity contribution in [2.45, 2.75) is 15.2 Å². The van der Waals surface area contributed by atoms with E-state index in [0.717, 1.165) is 33.2 Å². The lowest BCUT2D eigenvalue weighted by Gasteiger charge is -2.39. The highest BCUT2D eigenvalue weighted by Crippen LogP contribution is 2.62. The van der Waals surface area contributed by atoms with Crippen molar-refractivity contribution in [1.82, 2.24) is 14.5 Å². The van der Waals surface area contributed by atoms with Gasteiger partial charge in [0.05, 0.1) is 27.7 Å². The Morgan fingerprint density at radius 1 is 0.453 bits per heavy atom. The summed E-state index contributed by atoms with van der Waals surface area (Å²) in [5.41, 5.74) is 12.7. The van der Waals surface area contributed by atoms with Crippen LogP contribution in [0.15, 0.2) is 186 Å². The molecule has 10 aromatic rings. The summed E-state index contributed by atoms with van der Waals surface area (Å²) in [5.74, 6) is 0.673. The molecule has 0 fully saturated rings. The Balaban J connectivity index is 1.25. The summed E-state index contributed by atoms with van der Waals surface area (Å²) in [5, 5.41) is 5.80. The van der Waals surface area contributed by atoms with E-state index < -0.39 is 5.41 Å². The molecule has 8 aromatic carbocycles. The smallest absolute Gasteiger partial charge is 0.235 e. The summed E-state index contributed by atoms with van der Waals surface area (Å²) < 4.78 is 2.33. The summed E-state index contributed by atoms with van der Waals surface area (Å²) in [4.78, 5) is 13.3. The van der Waals surface area contributed by atoms with Crippen LogP contribution in [0.2, 0.25) is 0 Å². The molecule has 3 heterocycles. The van der Waals surface area contributed by atoms with Crippen LogP contribution in [0.1, 0.15) is 22.3 Å². The number of fused-ring (bicyclic) bond motifs is 15. The van der Waals surface area contributed by atoms with E-state index in [1.807, 2.05) is 11.8 Å². The topological polar surface area (TPSA) is 30.7 Å². The van der Waals surface area contributed by atoms with Crippen molar-refractivity contribution >= 4 is 55.2 Å². The van der Waals surface area contributed by atoms with Gasteiger partial charge in [-0.15, -0.1) is 0 Å². The van der Waals surface area contributed by atoms with Gasteiger partial charge in [-0.05, 0) is 63.0 Å². The minimum atomic E-state index is -0.455. The number of hydrogen-bond acceptors (Lipinski definition) is 3. The van der Waals surface area contributed by atoms with E-state index in [4.69, 9.17) is 9.97 Å². The molecule has 0 bridgehead atoms. The molecule has 3 nitrogen and oxygen atoms in total. The Kier molecular flexibility index (Phi) is 5.92. The van der Waals surface area contributed by atoms with Crippen LogP contribution in [0.5, 0.6) is 0 Å². The zero-order valence-corrected chi connectivity index (χ0v) is 29.3. The molecular formula is C49H29N3S. The summed E-state index contributed by atoms with van der Waals surface area (Å²) >= 11 is 1.87. The molecule has 0 saturated carbocycles. The number of para-hydroxylation sites is 1. The molecule has 0 radical (unpaired) electrons. The number of rotatable bonds is 2. The molecule has 0 unspecified atom stereocenters. The molecule has 1 aliphatic carbocycles. The van der Waals surface area contributed by atoms with Gasteiger partial charge < -0.3 is 0 Å². The molecule has 0 saturated heterocycles. The maximum atomic E-state index is 5.44. The molecule has 0 amide bonds. The molecular weight excluding hydrogens is 663 g/mol. The summed E-state index contributed by atoms with van der Waals surface area (Å²) in [6.07, 6.45) is 0. The molecule has 0 atom stereocenters. The van der Waals surface area contributed by atoms with Gasteiger partial charge in [-0.3, -0.25) is 4.57 Å². The van der Waals surface area contributed by atoms with Gasteiger partial charge in [0.1, 0.15) is 0 Å². The van der Waals surface area contributed by atoms with Crippen LogP contribution >= 0.6 is 11.8 Å². The van der Waals surface area contributed by atoms with Gasteiger partial charge in [-0.2, -0.15) is 0 Å². The molecule has 2 aliphatic rings. The van der Waals surface area contributed by atoms with Gasteiger partial charge in [0.2, 0.25) is 5.95 Å². The van der Waals surface area contributed by atoms with E-state index in [9.17, 15) is 0 Å². The van der Waals surface area contributed by atoms with Crippen LogP contribution in [-0.2, 0) is 5.41 Å². The van der Waals surface area contributed by atoms with E-state index in [2.05, 4.69) is 180 Å². The van der Waals surface area contributed by atoms with Crippen molar-refractivity contribution in [2.75, 3.05) is 0 Å². The van der Waals surface area contributed by atoms with Crippen molar-refractivity contribution in [3.63, 3.8) is 0 Å². The van der Waals surface area contributed by atoms with Gasteiger partial charge in [0.25, 0.3) is 0 Å². The Labute approximate surface area is 310 Å². The highest BCUT2D eigenvalue weighted by atomic mass is 32.2. The molecule has 246 valence electrons. The first-order chi connectivity index (χ1) is 26.3. The summed E-state index contributed by atoms with van der Waals surface area (Å²) in [6.45, 7) is 0. The molecule has 4 heteroatoms. The fraction of sp³-hybridized carbons (Fsp3) is 0.0204. The van der Waals surface area contributed by atoms with Crippen LogP contribution in [0.25, 0.3) is 71.8 Å². The number of hydrogen-bond donors (Lipinski definition) is 0. The van der Waals surface area contributed by atoms with Crippen LogP contribution < -0.4 is 0 Å². The van der Waals surface area contributed by atoms with Crippen LogP contribution in [0.3, 0.4) is 0 Å². The Morgan fingerprint density at radius 2 is 1.11 bits per heavy atom. The maximum Gasteiger partial charge on any atom is 0.235 e. The fourth-order valence-corrected chi connectivity index (χ4v) is 10.5. The lowest BCUT2D eigenvalue weighted by atomic mass is 9.67. The summed E-state index contributed by atoms with van der Waals surface area (Å²) in [6, 6.07) is 64.1. The van der Waals surface area contributed by atoms with Gasteiger partial charge in [-0.1, -0.05) is 163 Å². The quantitative estimate of drug-likeness (QED) is 0.181. The van der Waals surface area contributed by atoms with Gasteiger partial charge >= 0.3 is 0 Å². The zero-order valence-electron chi connectivity index (χ0n) is 28.5. The molecule has 1 spiro atoms. The van der Waals surface area contributed by atoms with Crippen LogP contribution in [0, 0.1) is 0 Å². The van der Waals surface area contributed by atoms with E-state index in [0.29, 0.717) is 5.95 Å². The standard InChI is InChI=1S/C49H29N3S/c1-2-15-31(16-3-1)46-36-20-8-12-24-42(36)50-48(51-46)52-43-29-45-41(28-37(43)35-27-26-30-14-4-5-17-32(30)47(35)52)49(40-23-11-13-25-44(40)53-45)38-21-9-6-18-33(38)34-19-7-10-22-39(34)49/h1-29H. The normalized spacial score (nSPS) is 13.7. The van der Waals surface area contributed by atoms with Crippen LogP contribution in [0.4, 0.5) is 0 Å². The largest absolute Gasteiger partial charge is 0.277 e. The highest BCUT2D eigenvalue weighted by molar-refractivity contribution is 7.99. The first-order valence-corrected chi connectivity index (χ1v) is 18.9. The fourth-order valence-electron chi connectivity index (χ4n) is 9.31. The van der Waals surface area contributed by atoms with Crippen molar-refractivity contribution in [2.24, 2.45) is 0 Å². The van der Waals surface area contributed by atoms with E-state index in [-0.39, 0.29) is 0 Å². The van der Waals surface area contributed by atoms with E-state index in [1.165, 1.54) is 64.7 Å². The van der Waals surface area contributed by atoms with Crippen LogP contribution in [-0.4, -0.2) is 14.5 Å². The van der Waals surface area contributed by atoms with Gasteiger partial charge in [0.15, 0.2) is 0 Å². The second-order valence-electron chi connectivity index (χ2n) is 14.1. The second kappa shape index (κ2) is 10.8. The number of nitrogens with zero attached hydrogens (tertiary/aromatic N) is 3. The Hall–Kier alpha value is -6.49. The average Bonchev–Trinajstić information content (AvgIpc) is 3.71. The number of aromatic nitrogens is 3. The molecule has 53 heavy (non-hydrogen) atoms. The van der Waals surface area contributed by atoms with Gasteiger partial charge in [-0.25, -0.2) is 9.97 Å². The van der Waals surface area contributed by atoms with Gasteiger partial charge in [0, 0.05) is 36.9 Å². The Morgan fingerprint density at radius 3 is 1.92 bits per heavy atom. The third-order valence-corrected chi connectivity index (χ3v) is 12.6. The third kappa shape index (κ3) is 3.85. The maximum absolute atomic E-state index is 5.44. The summed E-state index contributed by atoms with van der Waals surface area (Å²) in [7, 11) is 0. The van der Waals surface area contributed by atoms with E-state index in [1.54, 1.807) is 0 Å². The molecule has 12 rings (SSSR count). The van der Waals surface area contributed by atoms with Crippen molar-refractivity contribution < 1.29 is 0 Å². The third-order valence-electron chi connectivity index (χ3n) is 11.5. The molecule has 1 aliphatic heterocycles. The SMILES string of the molecule is c1ccc(-c2nc(-n3c4cc5c(cc4c4ccc6ccccc6c43)C3(c4ccccc4S5)c4ccccc4-c4ccccc43)nc3ccccc23)cc1. The average molecular weight is 692 g/mol. The van der Waals surface area contributed by atoms with E-state index >= 15 is 0 Å².